The van der Waals surface area contributed by atoms with Crippen LogP contribution in [0.25, 0.3) is 22.1 Å². The van der Waals surface area contributed by atoms with Crippen molar-refractivity contribution in [1.82, 2.24) is 28.9 Å². The number of rotatable bonds is 8. The summed E-state index contributed by atoms with van der Waals surface area (Å²) in [5.41, 5.74) is 4.65. The van der Waals surface area contributed by atoms with E-state index in [9.17, 15) is 0 Å². The second kappa shape index (κ2) is 9.87. The Bertz CT molecular complexity index is 1100. The minimum atomic E-state index is 0.904. The van der Waals surface area contributed by atoms with Gasteiger partial charge in [0.1, 0.15) is 0 Å². The molecule has 0 saturated carbocycles. The lowest BCUT2D eigenvalue weighted by Gasteiger charge is -2.35. The topological polar surface area (TPSA) is 42.1 Å². The van der Waals surface area contributed by atoms with Gasteiger partial charge in [-0.15, -0.1) is 0 Å². The molecule has 168 valence electrons. The van der Waals surface area contributed by atoms with Crippen molar-refractivity contribution in [2.75, 3.05) is 37.7 Å². The first-order valence-corrected chi connectivity index (χ1v) is 13.3. The van der Waals surface area contributed by atoms with Crippen molar-refractivity contribution in [3.05, 3.63) is 48.5 Å². The summed E-state index contributed by atoms with van der Waals surface area (Å²) in [7, 11) is 0. The van der Waals surface area contributed by atoms with E-state index in [1.807, 2.05) is 23.5 Å². The first-order chi connectivity index (χ1) is 15.8. The molecule has 1 aliphatic heterocycles. The molecule has 1 fully saturated rings. The van der Waals surface area contributed by atoms with E-state index >= 15 is 0 Å². The largest absolute Gasteiger partial charge is 0.305 e. The van der Waals surface area contributed by atoms with Crippen molar-refractivity contribution >= 4 is 45.6 Å². The molecule has 4 aromatic rings. The maximum atomic E-state index is 4.87. The van der Waals surface area contributed by atoms with Gasteiger partial charge in [-0.05, 0) is 35.8 Å². The number of piperazine rings is 1. The van der Waals surface area contributed by atoms with E-state index in [1.54, 1.807) is 0 Å². The van der Waals surface area contributed by atoms with Crippen LogP contribution in [-0.4, -0.2) is 66.6 Å². The van der Waals surface area contributed by atoms with Gasteiger partial charge in [-0.2, -0.15) is 0 Å². The summed E-state index contributed by atoms with van der Waals surface area (Å²) >= 11 is 3.66. The maximum Gasteiger partial charge on any atom is 0.170 e. The van der Waals surface area contributed by atoms with Gasteiger partial charge in [0.15, 0.2) is 10.3 Å². The normalized spacial score (nSPS) is 15.8. The second-order valence-electron chi connectivity index (χ2n) is 8.01. The molecule has 0 N–H and O–H groups in total. The average molecular weight is 467 g/mol. The second-order valence-corrected chi connectivity index (χ2v) is 10.5. The zero-order chi connectivity index (χ0) is 21.9. The molecule has 32 heavy (non-hydrogen) atoms. The summed E-state index contributed by atoms with van der Waals surface area (Å²) in [6, 6.07) is 17.0. The number of benzene rings is 2. The van der Waals surface area contributed by atoms with E-state index < -0.39 is 0 Å². The quantitative estimate of drug-likeness (QED) is 0.346. The number of hydrogen-bond donors (Lipinski definition) is 0. The molecule has 2 aromatic heterocycles. The fourth-order valence-electron chi connectivity index (χ4n) is 4.33. The summed E-state index contributed by atoms with van der Waals surface area (Å²) in [5.74, 6) is 2.07. The lowest BCUT2D eigenvalue weighted by molar-refractivity contribution is 0.0849. The third-order valence-corrected chi connectivity index (χ3v) is 7.65. The molecule has 0 amide bonds. The molecule has 1 aliphatic rings. The molecular weight excluding hydrogens is 436 g/mol. The van der Waals surface area contributed by atoms with E-state index in [4.69, 9.17) is 9.97 Å². The van der Waals surface area contributed by atoms with E-state index in [-0.39, 0.29) is 0 Å². The molecular formula is C24H30N6S2. The van der Waals surface area contributed by atoms with Crippen LogP contribution in [-0.2, 0) is 13.3 Å². The van der Waals surface area contributed by atoms with Crippen molar-refractivity contribution in [3.63, 3.8) is 0 Å². The van der Waals surface area contributed by atoms with Crippen LogP contribution in [0.15, 0.2) is 58.8 Å². The smallest absolute Gasteiger partial charge is 0.170 e. The van der Waals surface area contributed by atoms with Crippen molar-refractivity contribution in [1.29, 1.82) is 0 Å². The van der Waals surface area contributed by atoms with Crippen LogP contribution in [0, 0.1) is 0 Å². The van der Waals surface area contributed by atoms with Crippen LogP contribution >= 0.6 is 23.5 Å². The molecule has 6 nitrogen and oxygen atoms in total. The molecule has 0 spiro atoms. The number of thioether (sulfide) groups is 2. The molecule has 3 heterocycles. The predicted molar refractivity (Wildman–Crippen MR) is 135 cm³/mol. The lowest BCUT2D eigenvalue weighted by atomic mass is 10.3. The van der Waals surface area contributed by atoms with Crippen LogP contribution in [0.3, 0.4) is 0 Å². The number of aromatic nitrogens is 4. The Balaban J connectivity index is 1.28. The Labute approximate surface area is 198 Å². The van der Waals surface area contributed by atoms with Gasteiger partial charge in [-0.1, -0.05) is 61.6 Å². The molecule has 0 bridgehead atoms. The molecule has 5 rings (SSSR count). The Morgan fingerprint density at radius 2 is 1.06 bits per heavy atom. The van der Waals surface area contributed by atoms with Crippen LogP contribution in [0.4, 0.5) is 0 Å². The predicted octanol–water partition coefficient (Wildman–Crippen LogP) is 4.84. The van der Waals surface area contributed by atoms with Crippen LogP contribution in [0.2, 0.25) is 0 Å². The molecule has 0 atom stereocenters. The third-order valence-electron chi connectivity index (χ3n) is 5.93. The van der Waals surface area contributed by atoms with Crippen molar-refractivity contribution < 1.29 is 0 Å². The number of imidazole rings is 2. The fourth-order valence-corrected chi connectivity index (χ4v) is 5.80. The highest BCUT2D eigenvalue weighted by atomic mass is 32.2. The SMILES string of the molecule is CCSc1nc2ccccc2n1CN1CCN(Cn2c(SCC)nc3ccccc32)CC1. The lowest BCUT2D eigenvalue weighted by Crippen LogP contribution is -2.47. The monoisotopic (exact) mass is 466 g/mol. The number of para-hydroxylation sites is 4. The number of fused-ring (bicyclic) bond motifs is 2. The van der Waals surface area contributed by atoms with Crippen LogP contribution in [0.5, 0.6) is 0 Å². The minimum absolute atomic E-state index is 0.904. The van der Waals surface area contributed by atoms with Gasteiger partial charge >= 0.3 is 0 Å². The third kappa shape index (κ3) is 4.41. The van der Waals surface area contributed by atoms with E-state index in [0.717, 1.165) is 72.4 Å². The fraction of sp³-hybridized carbons (Fsp3) is 0.417. The Kier molecular flexibility index (Phi) is 6.73. The Morgan fingerprint density at radius 3 is 1.47 bits per heavy atom. The van der Waals surface area contributed by atoms with Crippen molar-refractivity contribution in [3.8, 4) is 0 Å². The number of hydrogen-bond acceptors (Lipinski definition) is 6. The summed E-state index contributed by atoms with van der Waals surface area (Å²) in [5, 5.41) is 2.25. The van der Waals surface area contributed by atoms with Gasteiger partial charge in [-0.25, -0.2) is 9.97 Å². The van der Waals surface area contributed by atoms with Gasteiger partial charge in [-0.3, -0.25) is 9.80 Å². The molecule has 0 radical (unpaired) electrons. The molecule has 1 saturated heterocycles. The van der Waals surface area contributed by atoms with Gasteiger partial charge in [0, 0.05) is 26.2 Å². The van der Waals surface area contributed by atoms with Crippen LogP contribution < -0.4 is 0 Å². The first kappa shape index (κ1) is 21.8. The molecule has 2 aromatic carbocycles. The van der Waals surface area contributed by atoms with Gasteiger partial charge in [0.2, 0.25) is 0 Å². The van der Waals surface area contributed by atoms with Crippen molar-refractivity contribution in [2.24, 2.45) is 0 Å². The first-order valence-electron chi connectivity index (χ1n) is 11.4. The highest BCUT2D eigenvalue weighted by Crippen LogP contribution is 2.26. The average Bonchev–Trinajstić information content (AvgIpc) is 3.34. The highest BCUT2D eigenvalue weighted by Gasteiger charge is 2.21. The molecule has 0 unspecified atom stereocenters. The van der Waals surface area contributed by atoms with Gasteiger partial charge < -0.3 is 9.13 Å². The molecule has 0 aliphatic carbocycles. The van der Waals surface area contributed by atoms with E-state index in [2.05, 4.69) is 81.3 Å². The summed E-state index contributed by atoms with van der Waals surface area (Å²) in [4.78, 5) is 14.8. The van der Waals surface area contributed by atoms with Gasteiger partial charge in [0.05, 0.1) is 35.4 Å². The maximum absolute atomic E-state index is 4.87. The summed E-state index contributed by atoms with van der Waals surface area (Å²) in [6.07, 6.45) is 0. The van der Waals surface area contributed by atoms with Crippen LogP contribution in [0.1, 0.15) is 13.8 Å². The zero-order valence-electron chi connectivity index (χ0n) is 18.8. The van der Waals surface area contributed by atoms with E-state index in [1.165, 1.54) is 11.0 Å². The Hall–Kier alpha value is -2.00. The minimum Gasteiger partial charge on any atom is -0.305 e. The standard InChI is InChI=1S/C24H30N6S2/c1-3-31-23-25-19-9-5-7-11-21(19)29(23)17-27-13-15-28(16-14-27)18-30-22-12-8-6-10-20(22)26-24(30)32-4-2/h5-12H,3-4,13-18H2,1-2H3. The highest BCUT2D eigenvalue weighted by molar-refractivity contribution is 7.99. The van der Waals surface area contributed by atoms with Gasteiger partial charge in [0.25, 0.3) is 0 Å². The van der Waals surface area contributed by atoms with E-state index in [0.29, 0.717) is 0 Å². The number of nitrogens with zero attached hydrogens (tertiary/aromatic N) is 6. The van der Waals surface area contributed by atoms with Crippen molar-refractivity contribution in [2.45, 2.75) is 37.5 Å². The summed E-state index contributed by atoms with van der Waals surface area (Å²) in [6.45, 7) is 10.4. The Morgan fingerprint density at radius 1 is 0.656 bits per heavy atom. The summed E-state index contributed by atoms with van der Waals surface area (Å²) < 4.78 is 4.77. The molecule has 8 heteroatoms. The zero-order valence-corrected chi connectivity index (χ0v) is 20.4.